The Balaban J connectivity index is 2.25. The molecular weight excluding hydrogens is 146 g/mol. The molecule has 58 valence electrons. The summed E-state index contributed by atoms with van der Waals surface area (Å²) >= 11 is 0. The van der Waals surface area contributed by atoms with Crippen molar-refractivity contribution >= 4 is 5.88 Å². The SMILES string of the molecule is O=[N+]([O-])c1ccc(C2CC2)o1. The molecule has 1 fully saturated rings. The predicted octanol–water partition coefficient (Wildman–Crippen LogP) is 2.07. The van der Waals surface area contributed by atoms with E-state index < -0.39 is 4.92 Å². The number of hydrogen-bond acceptors (Lipinski definition) is 3. The highest BCUT2D eigenvalue weighted by atomic mass is 16.6. The molecular formula is C7H7NO3. The molecule has 0 unspecified atom stereocenters. The zero-order valence-corrected chi connectivity index (χ0v) is 5.82. The van der Waals surface area contributed by atoms with Gasteiger partial charge in [0.05, 0.1) is 6.07 Å². The van der Waals surface area contributed by atoms with Crippen molar-refractivity contribution in [2.75, 3.05) is 0 Å². The highest BCUT2D eigenvalue weighted by molar-refractivity contribution is 5.22. The number of rotatable bonds is 2. The molecule has 11 heavy (non-hydrogen) atoms. The quantitative estimate of drug-likeness (QED) is 0.482. The minimum Gasteiger partial charge on any atom is -0.406 e. The number of nitrogens with zero attached hydrogens (tertiary/aromatic N) is 1. The molecule has 1 aliphatic carbocycles. The summed E-state index contributed by atoms with van der Waals surface area (Å²) in [6.45, 7) is 0. The smallest absolute Gasteiger partial charge is 0.406 e. The second-order valence-electron chi connectivity index (χ2n) is 2.71. The summed E-state index contributed by atoms with van der Waals surface area (Å²) in [5.41, 5.74) is 0. The van der Waals surface area contributed by atoms with Crippen molar-refractivity contribution in [3.05, 3.63) is 28.0 Å². The van der Waals surface area contributed by atoms with Gasteiger partial charge in [-0.2, -0.15) is 0 Å². The van der Waals surface area contributed by atoms with Crippen molar-refractivity contribution in [3.8, 4) is 0 Å². The van der Waals surface area contributed by atoms with Crippen LogP contribution in [0.4, 0.5) is 5.88 Å². The van der Waals surface area contributed by atoms with Gasteiger partial charge in [0.2, 0.25) is 0 Å². The molecule has 1 heterocycles. The van der Waals surface area contributed by atoms with Gasteiger partial charge >= 0.3 is 5.88 Å². The molecule has 1 aromatic rings. The van der Waals surface area contributed by atoms with Crippen LogP contribution in [0.1, 0.15) is 24.5 Å². The first-order chi connectivity index (χ1) is 5.27. The van der Waals surface area contributed by atoms with Crippen molar-refractivity contribution < 1.29 is 9.34 Å². The molecule has 2 rings (SSSR count). The van der Waals surface area contributed by atoms with Gasteiger partial charge in [0.25, 0.3) is 0 Å². The van der Waals surface area contributed by atoms with E-state index in [2.05, 4.69) is 0 Å². The summed E-state index contributed by atoms with van der Waals surface area (Å²) in [6, 6.07) is 3.10. The Labute approximate surface area is 63.0 Å². The third-order valence-corrected chi connectivity index (χ3v) is 1.77. The topological polar surface area (TPSA) is 56.3 Å². The molecule has 0 spiro atoms. The summed E-state index contributed by atoms with van der Waals surface area (Å²) < 4.78 is 4.97. The van der Waals surface area contributed by atoms with E-state index in [1.54, 1.807) is 6.07 Å². The van der Waals surface area contributed by atoms with Gasteiger partial charge in [-0.15, -0.1) is 0 Å². The maximum Gasteiger partial charge on any atom is 0.433 e. The van der Waals surface area contributed by atoms with Crippen LogP contribution >= 0.6 is 0 Å². The van der Waals surface area contributed by atoms with Crippen LogP contribution in [0.15, 0.2) is 16.5 Å². The molecule has 0 amide bonds. The standard InChI is InChI=1S/C7H7NO3/c9-8(10)7-4-3-6(11-7)5-1-2-5/h3-5H,1-2H2. The molecule has 0 aromatic carbocycles. The monoisotopic (exact) mass is 153 g/mol. The van der Waals surface area contributed by atoms with Crippen molar-refractivity contribution in [1.29, 1.82) is 0 Å². The Morgan fingerprint density at radius 3 is 2.73 bits per heavy atom. The van der Waals surface area contributed by atoms with E-state index in [4.69, 9.17) is 4.42 Å². The van der Waals surface area contributed by atoms with Gasteiger partial charge in [-0.1, -0.05) is 0 Å². The molecule has 0 N–H and O–H groups in total. The van der Waals surface area contributed by atoms with Crippen molar-refractivity contribution in [2.24, 2.45) is 0 Å². The van der Waals surface area contributed by atoms with Crippen LogP contribution in [-0.4, -0.2) is 4.92 Å². The van der Waals surface area contributed by atoms with Gasteiger partial charge in [0.1, 0.15) is 10.7 Å². The van der Waals surface area contributed by atoms with Crippen LogP contribution < -0.4 is 0 Å². The summed E-state index contributed by atoms with van der Waals surface area (Å²) in [6.07, 6.45) is 2.20. The number of furan rings is 1. The zero-order valence-electron chi connectivity index (χ0n) is 5.82. The molecule has 1 aliphatic rings. The average Bonchev–Trinajstić information content (AvgIpc) is 2.68. The molecule has 0 saturated heterocycles. The lowest BCUT2D eigenvalue weighted by molar-refractivity contribution is -0.402. The Kier molecular flexibility index (Phi) is 1.21. The lowest BCUT2D eigenvalue weighted by Crippen LogP contribution is -1.82. The van der Waals surface area contributed by atoms with Crippen molar-refractivity contribution in [1.82, 2.24) is 0 Å². The van der Waals surface area contributed by atoms with Gasteiger partial charge in [-0.3, -0.25) is 10.1 Å². The van der Waals surface area contributed by atoms with E-state index in [1.807, 2.05) is 0 Å². The first-order valence-electron chi connectivity index (χ1n) is 3.51. The Morgan fingerprint density at radius 2 is 2.27 bits per heavy atom. The van der Waals surface area contributed by atoms with Gasteiger partial charge < -0.3 is 4.42 Å². The maximum atomic E-state index is 10.2. The van der Waals surface area contributed by atoms with Gasteiger partial charge in [-0.05, 0) is 18.9 Å². The molecule has 0 radical (unpaired) electrons. The van der Waals surface area contributed by atoms with Crippen LogP contribution in [0, 0.1) is 10.1 Å². The molecule has 4 heteroatoms. The molecule has 1 saturated carbocycles. The number of nitro groups is 1. The van der Waals surface area contributed by atoms with E-state index in [0.29, 0.717) is 5.92 Å². The molecule has 1 aromatic heterocycles. The van der Waals surface area contributed by atoms with Crippen molar-refractivity contribution in [2.45, 2.75) is 18.8 Å². The lowest BCUT2D eigenvalue weighted by Gasteiger charge is -1.85. The Bertz CT molecular complexity index is 288. The van der Waals surface area contributed by atoms with Crippen LogP contribution in [-0.2, 0) is 0 Å². The molecule has 0 atom stereocenters. The molecule has 4 nitrogen and oxygen atoms in total. The second-order valence-corrected chi connectivity index (χ2v) is 2.71. The third kappa shape index (κ3) is 1.11. The maximum absolute atomic E-state index is 10.2. The van der Waals surface area contributed by atoms with E-state index in [0.717, 1.165) is 18.6 Å². The minimum absolute atomic E-state index is 0.146. The first-order valence-corrected chi connectivity index (χ1v) is 3.51. The van der Waals surface area contributed by atoms with E-state index in [-0.39, 0.29) is 5.88 Å². The summed E-state index contributed by atoms with van der Waals surface area (Å²) in [5, 5.41) is 10.2. The average molecular weight is 153 g/mol. The fourth-order valence-corrected chi connectivity index (χ4v) is 1.03. The van der Waals surface area contributed by atoms with Crippen LogP contribution in [0.3, 0.4) is 0 Å². The molecule has 0 aliphatic heterocycles. The fraction of sp³-hybridized carbons (Fsp3) is 0.429. The normalized spacial score (nSPS) is 16.7. The van der Waals surface area contributed by atoms with Crippen LogP contribution in [0.5, 0.6) is 0 Å². The van der Waals surface area contributed by atoms with E-state index in [1.165, 1.54) is 6.07 Å². The van der Waals surface area contributed by atoms with Crippen molar-refractivity contribution in [3.63, 3.8) is 0 Å². The fourth-order valence-electron chi connectivity index (χ4n) is 1.03. The Hall–Kier alpha value is -1.32. The largest absolute Gasteiger partial charge is 0.433 e. The van der Waals surface area contributed by atoms with Gasteiger partial charge in [-0.25, -0.2) is 0 Å². The zero-order chi connectivity index (χ0) is 7.84. The van der Waals surface area contributed by atoms with Crippen LogP contribution in [0.2, 0.25) is 0 Å². The van der Waals surface area contributed by atoms with E-state index >= 15 is 0 Å². The minimum atomic E-state index is -0.508. The van der Waals surface area contributed by atoms with Crippen LogP contribution in [0.25, 0.3) is 0 Å². The van der Waals surface area contributed by atoms with Gasteiger partial charge in [0.15, 0.2) is 0 Å². The Morgan fingerprint density at radius 1 is 1.55 bits per heavy atom. The predicted molar refractivity (Wildman–Crippen MR) is 37.3 cm³/mol. The first kappa shape index (κ1) is 6.39. The highest BCUT2D eigenvalue weighted by Crippen LogP contribution is 2.41. The molecule has 0 bridgehead atoms. The van der Waals surface area contributed by atoms with E-state index in [9.17, 15) is 10.1 Å². The summed E-state index contributed by atoms with van der Waals surface area (Å²) in [4.78, 5) is 9.66. The second kappa shape index (κ2) is 2.08. The highest BCUT2D eigenvalue weighted by Gasteiger charge is 2.28. The van der Waals surface area contributed by atoms with Gasteiger partial charge in [0, 0.05) is 5.92 Å². The lowest BCUT2D eigenvalue weighted by atomic mass is 10.3. The number of hydrogen-bond donors (Lipinski definition) is 0. The third-order valence-electron chi connectivity index (χ3n) is 1.77. The summed E-state index contributed by atoms with van der Waals surface area (Å²) in [5.74, 6) is 1.06. The summed E-state index contributed by atoms with van der Waals surface area (Å²) in [7, 11) is 0.